The zero-order valence-electron chi connectivity index (χ0n) is 12.7. The molecule has 1 saturated carbocycles. The van der Waals surface area contributed by atoms with E-state index in [1.54, 1.807) is 6.07 Å². The molecule has 2 aromatic rings. The van der Waals surface area contributed by atoms with Crippen molar-refractivity contribution in [2.24, 2.45) is 0 Å². The molecule has 0 saturated heterocycles. The van der Waals surface area contributed by atoms with Crippen molar-refractivity contribution in [1.82, 2.24) is 5.32 Å². The van der Waals surface area contributed by atoms with Gasteiger partial charge in [-0.1, -0.05) is 24.3 Å². The van der Waals surface area contributed by atoms with Crippen molar-refractivity contribution in [2.75, 3.05) is 5.32 Å². The molecule has 0 spiro atoms. The largest absolute Gasteiger partial charge is 0.349 e. The molecule has 0 aliphatic heterocycles. The Balaban J connectivity index is 1.49. The lowest BCUT2D eigenvalue weighted by molar-refractivity contribution is -0.117. The van der Waals surface area contributed by atoms with Crippen molar-refractivity contribution in [3.63, 3.8) is 0 Å². The molecular weight excluding hydrogens is 308 g/mol. The highest BCUT2D eigenvalue weighted by molar-refractivity contribution is 7.14. The number of thiophene rings is 1. The number of anilines is 1. The van der Waals surface area contributed by atoms with Crippen LogP contribution in [0.5, 0.6) is 0 Å². The fraction of sp³-hybridized carbons (Fsp3) is 0.333. The summed E-state index contributed by atoms with van der Waals surface area (Å²) in [5, 5.41) is 8.44. The minimum atomic E-state index is -0.118. The Morgan fingerprint density at radius 1 is 1.09 bits per heavy atom. The third-order valence-corrected chi connectivity index (χ3v) is 5.34. The van der Waals surface area contributed by atoms with Crippen LogP contribution < -0.4 is 10.6 Å². The average Bonchev–Trinajstić information content (AvgIpc) is 3.09. The van der Waals surface area contributed by atoms with Crippen LogP contribution in [-0.4, -0.2) is 17.9 Å². The summed E-state index contributed by atoms with van der Waals surface area (Å²) in [5.74, 6) is -0.221. The summed E-state index contributed by atoms with van der Waals surface area (Å²) in [4.78, 5) is 24.9. The lowest BCUT2D eigenvalue weighted by atomic mass is 10.0. The van der Waals surface area contributed by atoms with Gasteiger partial charge in [-0.15, -0.1) is 11.3 Å². The van der Waals surface area contributed by atoms with Crippen LogP contribution in [0.25, 0.3) is 0 Å². The van der Waals surface area contributed by atoms with E-state index in [1.165, 1.54) is 16.9 Å². The molecule has 1 heterocycles. The van der Waals surface area contributed by atoms with Crippen LogP contribution in [0.2, 0.25) is 0 Å². The maximum atomic E-state index is 12.6. The SMILES string of the molecule is O=C(NC1CC1)c1ccsc1NC(=O)[C@@H]1CCc2ccccc21. The van der Waals surface area contributed by atoms with Crippen LogP contribution in [0.3, 0.4) is 0 Å². The normalized spacial score (nSPS) is 19.2. The number of aryl methyl sites for hydroxylation is 1. The maximum Gasteiger partial charge on any atom is 0.254 e. The van der Waals surface area contributed by atoms with E-state index in [1.807, 2.05) is 23.6 Å². The first-order valence-corrected chi connectivity index (χ1v) is 8.87. The van der Waals surface area contributed by atoms with Crippen molar-refractivity contribution in [3.05, 3.63) is 52.4 Å². The Hall–Kier alpha value is -2.14. The molecule has 1 aromatic heterocycles. The molecule has 2 aliphatic carbocycles. The zero-order chi connectivity index (χ0) is 15.8. The van der Waals surface area contributed by atoms with Crippen molar-refractivity contribution < 1.29 is 9.59 Å². The van der Waals surface area contributed by atoms with E-state index in [2.05, 4.69) is 16.7 Å². The molecule has 1 fully saturated rings. The molecule has 2 N–H and O–H groups in total. The van der Waals surface area contributed by atoms with Gasteiger partial charge in [0, 0.05) is 6.04 Å². The molecule has 4 nitrogen and oxygen atoms in total. The number of hydrogen-bond acceptors (Lipinski definition) is 3. The van der Waals surface area contributed by atoms with Crippen molar-refractivity contribution in [3.8, 4) is 0 Å². The van der Waals surface area contributed by atoms with E-state index in [0.29, 0.717) is 16.6 Å². The second-order valence-electron chi connectivity index (χ2n) is 6.19. The number of carbonyl (C=O) groups excluding carboxylic acids is 2. The van der Waals surface area contributed by atoms with Gasteiger partial charge < -0.3 is 10.6 Å². The van der Waals surface area contributed by atoms with Gasteiger partial charge >= 0.3 is 0 Å². The van der Waals surface area contributed by atoms with Crippen LogP contribution in [0.1, 0.15) is 46.7 Å². The first-order valence-electron chi connectivity index (χ1n) is 7.99. The molecule has 23 heavy (non-hydrogen) atoms. The number of rotatable bonds is 4. The molecule has 2 amide bonds. The third-order valence-electron chi connectivity index (χ3n) is 4.51. The molecule has 5 heteroatoms. The van der Waals surface area contributed by atoms with Gasteiger partial charge in [-0.2, -0.15) is 0 Å². The van der Waals surface area contributed by atoms with Gasteiger partial charge in [0.05, 0.1) is 11.5 Å². The Kier molecular flexibility index (Phi) is 3.65. The predicted octanol–water partition coefficient (Wildman–Crippen LogP) is 3.31. The fourth-order valence-corrected chi connectivity index (χ4v) is 3.89. The predicted molar refractivity (Wildman–Crippen MR) is 90.9 cm³/mol. The summed E-state index contributed by atoms with van der Waals surface area (Å²) < 4.78 is 0. The highest BCUT2D eigenvalue weighted by atomic mass is 32.1. The quantitative estimate of drug-likeness (QED) is 0.905. The van der Waals surface area contributed by atoms with Gasteiger partial charge in [0.1, 0.15) is 5.00 Å². The minimum Gasteiger partial charge on any atom is -0.349 e. The highest BCUT2D eigenvalue weighted by Gasteiger charge is 2.30. The Labute approximate surface area is 138 Å². The van der Waals surface area contributed by atoms with Gasteiger partial charge in [-0.3, -0.25) is 9.59 Å². The Morgan fingerprint density at radius 3 is 2.74 bits per heavy atom. The second-order valence-corrected chi connectivity index (χ2v) is 7.11. The number of nitrogens with one attached hydrogen (secondary N) is 2. The smallest absolute Gasteiger partial charge is 0.254 e. The molecular formula is C18H18N2O2S. The van der Waals surface area contributed by atoms with Gasteiger partial charge in [-0.05, 0) is 48.3 Å². The Bertz CT molecular complexity index is 764. The van der Waals surface area contributed by atoms with Gasteiger partial charge in [-0.25, -0.2) is 0 Å². The lowest BCUT2D eigenvalue weighted by Crippen LogP contribution is -2.27. The molecule has 0 bridgehead atoms. The molecule has 1 atom stereocenters. The second kappa shape index (κ2) is 5.81. The van der Waals surface area contributed by atoms with E-state index in [4.69, 9.17) is 0 Å². The number of amides is 2. The molecule has 1 aromatic carbocycles. The first-order chi connectivity index (χ1) is 11.2. The standard InChI is InChI=1S/C18H18N2O2S/c21-16(14-8-5-11-3-1-2-4-13(11)14)20-18-15(9-10-23-18)17(22)19-12-6-7-12/h1-4,9-10,12,14H,5-8H2,(H,19,22)(H,20,21)/t14-/m1/s1. The summed E-state index contributed by atoms with van der Waals surface area (Å²) >= 11 is 1.40. The van der Waals surface area contributed by atoms with Crippen LogP contribution in [-0.2, 0) is 11.2 Å². The lowest BCUT2D eigenvalue weighted by Gasteiger charge is -2.12. The summed E-state index contributed by atoms with van der Waals surface area (Å²) in [7, 11) is 0. The number of hydrogen-bond donors (Lipinski definition) is 2. The van der Waals surface area contributed by atoms with E-state index in [-0.39, 0.29) is 17.7 Å². The number of fused-ring (bicyclic) bond motifs is 1. The number of benzene rings is 1. The monoisotopic (exact) mass is 326 g/mol. The summed E-state index contributed by atoms with van der Waals surface area (Å²) in [6, 6.07) is 10.2. The Morgan fingerprint density at radius 2 is 1.91 bits per heavy atom. The molecule has 118 valence electrons. The average molecular weight is 326 g/mol. The van der Waals surface area contributed by atoms with Gasteiger partial charge in [0.2, 0.25) is 5.91 Å². The third kappa shape index (κ3) is 2.88. The van der Waals surface area contributed by atoms with Crippen LogP contribution in [0.15, 0.2) is 35.7 Å². The summed E-state index contributed by atoms with van der Waals surface area (Å²) in [5.41, 5.74) is 2.94. The zero-order valence-corrected chi connectivity index (χ0v) is 13.5. The van der Waals surface area contributed by atoms with Crippen molar-refractivity contribution >= 4 is 28.2 Å². The topological polar surface area (TPSA) is 58.2 Å². The molecule has 0 radical (unpaired) electrons. The molecule has 2 aliphatic rings. The first kappa shape index (κ1) is 14.5. The summed E-state index contributed by atoms with van der Waals surface area (Å²) in [6.07, 6.45) is 3.88. The van der Waals surface area contributed by atoms with Crippen LogP contribution in [0, 0.1) is 0 Å². The van der Waals surface area contributed by atoms with E-state index in [0.717, 1.165) is 31.2 Å². The maximum absolute atomic E-state index is 12.6. The van der Waals surface area contributed by atoms with E-state index < -0.39 is 0 Å². The van der Waals surface area contributed by atoms with Crippen LogP contribution in [0.4, 0.5) is 5.00 Å². The fourth-order valence-electron chi connectivity index (χ4n) is 3.10. The summed E-state index contributed by atoms with van der Waals surface area (Å²) in [6.45, 7) is 0. The molecule has 0 unspecified atom stereocenters. The van der Waals surface area contributed by atoms with Gasteiger partial charge in [0.25, 0.3) is 5.91 Å². The van der Waals surface area contributed by atoms with Gasteiger partial charge in [0.15, 0.2) is 0 Å². The van der Waals surface area contributed by atoms with E-state index in [9.17, 15) is 9.59 Å². The molecule has 4 rings (SSSR count). The van der Waals surface area contributed by atoms with Crippen molar-refractivity contribution in [1.29, 1.82) is 0 Å². The minimum absolute atomic E-state index is 0.0159. The highest BCUT2D eigenvalue weighted by Crippen LogP contribution is 2.35. The van der Waals surface area contributed by atoms with E-state index >= 15 is 0 Å². The van der Waals surface area contributed by atoms with Crippen molar-refractivity contribution in [2.45, 2.75) is 37.6 Å². The van der Waals surface area contributed by atoms with Crippen LogP contribution >= 0.6 is 11.3 Å². The number of carbonyl (C=O) groups is 2.